The van der Waals surface area contributed by atoms with Gasteiger partial charge in [-0.25, -0.2) is 0 Å². The quantitative estimate of drug-likeness (QED) is 0.832. The van der Waals surface area contributed by atoms with E-state index in [2.05, 4.69) is 15.5 Å². The van der Waals surface area contributed by atoms with Gasteiger partial charge in [0.2, 0.25) is 0 Å². The van der Waals surface area contributed by atoms with Gasteiger partial charge in [-0.3, -0.25) is 4.79 Å². The van der Waals surface area contributed by atoms with Gasteiger partial charge in [-0.15, -0.1) is 10.2 Å². The van der Waals surface area contributed by atoms with Crippen molar-refractivity contribution in [3.63, 3.8) is 0 Å². The van der Waals surface area contributed by atoms with E-state index in [0.717, 1.165) is 10.0 Å². The first-order valence-corrected chi connectivity index (χ1v) is 7.01. The van der Waals surface area contributed by atoms with Gasteiger partial charge in [0.05, 0.1) is 6.54 Å². The molecule has 1 amide bonds. The van der Waals surface area contributed by atoms with Crippen molar-refractivity contribution in [2.75, 3.05) is 13.2 Å². The highest BCUT2D eigenvalue weighted by Gasteiger charge is 2.08. The molecule has 0 unspecified atom stereocenters. The van der Waals surface area contributed by atoms with Crippen molar-refractivity contribution < 1.29 is 9.53 Å². The molecule has 1 heterocycles. The molecule has 0 fully saturated rings. The average Bonchev–Trinajstić information content (AvgIpc) is 2.88. The number of aryl methyl sites for hydroxylation is 1. The Morgan fingerprint density at radius 2 is 2.30 bits per heavy atom. The normalized spacial score (nSPS) is 10.3. The zero-order chi connectivity index (χ0) is 14.4. The second-order valence-electron chi connectivity index (χ2n) is 4.06. The Bertz CT molecular complexity index is 585. The van der Waals surface area contributed by atoms with Crippen LogP contribution in [0.1, 0.15) is 20.4 Å². The largest absolute Gasteiger partial charge is 0.492 e. The molecule has 6 nitrogen and oxygen atoms in total. The number of aromatic nitrogens is 2. The predicted molar refractivity (Wildman–Crippen MR) is 76.8 cm³/mol. The average molecular weight is 292 g/mol. The number of hydrogen-bond acceptors (Lipinski definition) is 6. The Balaban J connectivity index is 1.94. The maximum atomic E-state index is 12.0. The monoisotopic (exact) mass is 292 g/mol. The number of nitrogens with two attached hydrogens (primary N) is 1. The third kappa shape index (κ3) is 4.01. The number of hydrogen-bond donors (Lipinski definition) is 2. The summed E-state index contributed by atoms with van der Waals surface area (Å²) in [7, 11) is 0. The summed E-state index contributed by atoms with van der Waals surface area (Å²) < 4.78 is 5.39. The molecule has 2 aromatic rings. The SMILES string of the molecule is Cc1nnc(CNC(=O)c2cccc(OCCN)c2)s1. The van der Waals surface area contributed by atoms with Crippen LogP contribution in [-0.2, 0) is 6.54 Å². The van der Waals surface area contributed by atoms with Crippen LogP contribution in [-0.4, -0.2) is 29.3 Å². The van der Waals surface area contributed by atoms with E-state index >= 15 is 0 Å². The fourth-order valence-corrected chi connectivity index (χ4v) is 2.22. The second-order valence-corrected chi connectivity index (χ2v) is 5.33. The lowest BCUT2D eigenvalue weighted by atomic mass is 10.2. The summed E-state index contributed by atoms with van der Waals surface area (Å²) in [5, 5.41) is 12.3. The van der Waals surface area contributed by atoms with E-state index in [4.69, 9.17) is 10.5 Å². The molecular weight excluding hydrogens is 276 g/mol. The number of nitrogens with zero attached hydrogens (tertiary/aromatic N) is 2. The number of ether oxygens (including phenoxy) is 1. The van der Waals surface area contributed by atoms with E-state index in [-0.39, 0.29) is 5.91 Å². The molecule has 0 saturated heterocycles. The predicted octanol–water partition coefficient (Wildman–Crippen LogP) is 1.11. The Hall–Kier alpha value is -1.99. The van der Waals surface area contributed by atoms with E-state index in [1.165, 1.54) is 11.3 Å². The zero-order valence-corrected chi connectivity index (χ0v) is 11.9. The molecule has 106 valence electrons. The van der Waals surface area contributed by atoms with E-state index < -0.39 is 0 Å². The van der Waals surface area contributed by atoms with Crippen LogP contribution in [0.25, 0.3) is 0 Å². The van der Waals surface area contributed by atoms with Crippen LogP contribution in [0.2, 0.25) is 0 Å². The minimum Gasteiger partial charge on any atom is -0.492 e. The van der Waals surface area contributed by atoms with Gasteiger partial charge in [-0.2, -0.15) is 0 Å². The first-order chi connectivity index (χ1) is 9.69. The van der Waals surface area contributed by atoms with Crippen molar-refractivity contribution in [3.05, 3.63) is 39.8 Å². The summed E-state index contributed by atoms with van der Waals surface area (Å²) in [5.74, 6) is 0.464. The van der Waals surface area contributed by atoms with Crippen molar-refractivity contribution in [3.8, 4) is 5.75 Å². The Morgan fingerprint density at radius 3 is 3.00 bits per heavy atom. The highest BCUT2D eigenvalue weighted by Crippen LogP contribution is 2.13. The summed E-state index contributed by atoms with van der Waals surface area (Å²) in [4.78, 5) is 12.0. The molecule has 0 spiro atoms. The third-order valence-electron chi connectivity index (χ3n) is 2.45. The van der Waals surface area contributed by atoms with Gasteiger partial charge in [0.25, 0.3) is 5.91 Å². The zero-order valence-electron chi connectivity index (χ0n) is 11.1. The summed E-state index contributed by atoms with van der Waals surface area (Å²) in [6.07, 6.45) is 0. The van der Waals surface area contributed by atoms with Crippen molar-refractivity contribution in [2.24, 2.45) is 5.73 Å². The molecule has 0 bridgehead atoms. The first-order valence-electron chi connectivity index (χ1n) is 6.19. The van der Waals surface area contributed by atoms with Gasteiger partial charge >= 0.3 is 0 Å². The molecule has 1 aromatic heterocycles. The number of nitrogens with one attached hydrogen (secondary N) is 1. The number of benzene rings is 1. The molecule has 0 aliphatic heterocycles. The van der Waals surface area contributed by atoms with Crippen molar-refractivity contribution in [2.45, 2.75) is 13.5 Å². The Morgan fingerprint density at radius 1 is 1.45 bits per heavy atom. The molecule has 0 radical (unpaired) electrons. The molecular formula is C13H16N4O2S. The van der Waals surface area contributed by atoms with Gasteiger partial charge in [-0.05, 0) is 25.1 Å². The van der Waals surface area contributed by atoms with Gasteiger partial charge < -0.3 is 15.8 Å². The summed E-state index contributed by atoms with van der Waals surface area (Å²) in [6.45, 7) is 3.11. The van der Waals surface area contributed by atoms with Crippen LogP contribution in [0.4, 0.5) is 0 Å². The van der Waals surface area contributed by atoms with Gasteiger partial charge in [0, 0.05) is 12.1 Å². The van der Waals surface area contributed by atoms with E-state index in [9.17, 15) is 4.79 Å². The fourth-order valence-electron chi connectivity index (χ4n) is 1.57. The fraction of sp³-hybridized carbons (Fsp3) is 0.308. The third-order valence-corrected chi connectivity index (χ3v) is 3.29. The highest BCUT2D eigenvalue weighted by molar-refractivity contribution is 7.11. The molecule has 7 heteroatoms. The van der Waals surface area contributed by atoms with Crippen LogP contribution in [0.15, 0.2) is 24.3 Å². The molecule has 0 aliphatic carbocycles. The van der Waals surface area contributed by atoms with Crippen molar-refractivity contribution in [1.29, 1.82) is 0 Å². The summed E-state index contributed by atoms with van der Waals surface area (Å²) in [6, 6.07) is 6.99. The number of rotatable bonds is 6. The molecule has 0 aliphatic rings. The van der Waals surface area contributed by atoms with E-state index in [1.807, 2.05) is 6.92 Å². The molecule has 0 atom stereocenters. The van der Waals surface area contributed by atoms with Gasteiger partial charge in [-0.1, -0.05) is 17.4 Å². The van der Waals surface area contributed by atoms with Crippen LogP contribution in [0, 0.1) is 6.92 Å². The van der Waals surface area contributed by atoms with Crippen LogP contribution < -0.4 is 15.8 Å². The van der Waals surface area contributed by atoms with E-state index in [0.29, 0.717) is 31.0 Å². The topological polar surface area (TPSA) is 90.1 Å². The lowest BCUT2D eigenvalue weighted by Crippen LogP contribution is -2.22. The van der Waals surface area contributed by atoms with Gasteiger partial charge in [0.1, 0.15) is 22.4 Å². The number of amides is 1. The van der Waals surface area contributed by atoms with Crippen molar-refractivity contribution >= 4 is 17.2 Å². The van der Waals surface area contributed by atoms with Gasteiger partial charge in [0.15, 0.2) is 0 Å². The molecule has 2 rings (SSSR count). The standard InChI is InChI=1S/C13H16N4O2S/c1-9-16-17-12(20-9)8-15-13(18)10-3-2-4-11(7-10)19-6-5-14/h2-4,7H,5-6,8,14H2,1H3,(H,15,18). The van der Waals surface area contributed by atoms with Crippen molar-refractivity contribution in [1.82, 2.24) is 15.5 Å². The Labute approximate surface area is 121 Å². The molecule has 3 N–H and O–H groups in total. The summed E-state index contributed by atoms with van der Waals surface area (Å²) in [5.41, 5.74) is 5.91. The Kier molecular flexibility index (Phi) is 5.03. The second kappa shape index (κ2) is 6.97. The van der Waals surface area contributed by atoms with Crippen LogP contribution in [0.3, 0.4) is 0 Å². The maximum Gasteiger partial charge on any atom is 0.251 e. The smallest absolute Gasteiger partial charge is 0.251 e. The first kappa shape index (κ1) is 14.4. The maximum absolute atomic E-state index is 12.0. The molecule has 20 heavy (non-hydrogen) atoms. The number of carbonyl (C=O) groups is 1. The van der Waals surface area contributed by atoms with Crippen LogP contribution >= 0.6 is 11.3 Å². The van der Waals surface area contributed by atoms with Crippen LogP contribution in [0.5, 0.6) is 5.75 Å². The molecule has 1 aromatic carbocycles. The lowest BCUT2D eigenvalue weighted by Gasteiger charge is -2.07. The molecule has 0 saturated carbocycles. The minimum atomic E-state index is -0.170. The highest BCUT2D eigenvalue weighted by atomic mass is 32.1. The van der Waals surface area contributed by atoms with E-state index in [1.54, 1.807) is 24.3 Å². The number of carbonyl (C=O) groups excluding carboxylic acids is 1. The summed E-state index contributed by atoms with van der Waals surface area (Å²) >= 11 is 1.46. The minimum absolute atomic E-state index is 0.170. The lowest BCUT2D eigenvalue weighted by molar-refractivity contribution is 0.0950.